The van der Waals surface area contributed by atoms with Crippen LogP contribution in [-0.2, 0) is 13.1 Å². The number of aryl methyl sites for hydroxylation is 1. The van der Waals surface area contributed by atoms with Crippen LogP contribution in [0.5, 0.6) is 0 Å². The number of benzene rings is 1. The summed E-state index contributed by atoms with van der Waals surface area (Å²) in [6.45, 7) is 6.37. The fraction of sp³-hybridized carbons (Fsp3) is 0.353. The number of aromatic nitrogens is 4. The van der Waals surface area contributed by atoms with E-state index in [9.17, 15) is 9.59 Å². The van der Waals surface area contributed by atoms with Crippen molar-refractivity contribution in [1.29, 1.82) is 0 Å². The molecule has 1 aromatic carbocycles. The van der Waals surface area contributed by atoms with Gasteiger partial charge in [0.2, 0.25) is 0 Å². The van der Waals surface area contributed by atoms with Crippen molar-refractivity contribution in [2.75, 3.05) is 0 Å². The maximum Gasteiger partial charge on any atom is 0.333 e. The highest BCUT2D eigenvalue weighted by Crippen LogP contribution is 2.20. The number of hydrogen-bond acceptors (Lipinski definition) is 4. The zero-order valence-electron chi connectivity index (χ0n) is 14.2. The minimum absolute atomic E-state index is 0.0782. The van der Waals surface area contributed by atoms with E-state index in [2.05, 4.69) is 17.8 Å². The van der Waals surface area contributed by atoms with E-state index in [1.54, 1.807) is 28.2 Å². The van der Waals surface area contributed by atoms with Crippen molar-refractivity contribution < 1.29 is 0 Å². The van der Waals surface area contributed by atoms with Crippen molar-refractivity contribution in [3.63, 3.8) is 0 Å². The zero-order chi connectivity index (χ0) is 18.3. The van der Waals surface area contributed by atoms with E-state index < -0.39 is 5.56 Å². The maximum atomic E-state index is 12.9. The van der Waals surface area contributed by atoms with Crippen LogP contribution < -0.4 is 11.2 Å². The van der Waals surface area contributed by atoms with Crippen LogP contribution in [0.2, 0.25) is 5.02 Å². The average Bonchev–Trinajstić information content (AvgIpc) is 2.92. The molecule has 0 atom stereocenters. The van der Waals surface area contributed by atoms with Gasteiger partial charge in [0.05, 0.1) is 6.54 Å². The lowest BCUT2D eigenvalue weighted by molar-refractivity contribution is 0.618. The molecule has 2 heterocycles. The number of halogens is 1. The molecule has 25 heavy (non-hydrogen) atoms. The first-order chi connectivity index (χ1) is 11.8. The summed E-state index contributed by atoms with van der Waals surface area (Å²) in [5.41, 5.74) is 0.737. The van der Waals surface area contributed by atoms with Crippen LogP contribution in [0.3, 0.4) is 0 Å². The molecule has 0 fully saturated rings. The first kappa shape index (κ1) is 17.8. The van der Waals surface area contributed by atoms with Crippen molar-refractivity contribution in [2.45, 2.75) is 39.8 Å². The molecule has 0 N–H and O–H groups in total. The first-order valence-electron chi connectivity index (χ1n) is 8.04. The number of hydrogen-bond donors (Lipinski definition) is 1. The topological polar surface area (TPSA) is 61.8 Å². The fourth-order valence-corrected chi connectivity index (χ4v) is 3.43. The Balaban J connectivity index is 2.28. The zero-order valence-corrected chi connectivity index (χ0v) is 15.9. The average molecular weight is 379 g/mol. The van der Waals surface area contributed by atoms with Gasteiger partial charge in [-0.25, -0.2) is 9.78 Å². The van der Waals surface area contributed by atoms with Gasteiger partial charge in [-0.15, -0.1) is 0 Å². The summed E-state index contributed by atoms with van der Waals surface area (Å²) in [5, 5.41) is 0.605. The van der Waals surface area contributed by atoms with Gasteiger partial charge in [-0.05, 0) is 24.6 Å². The number of nitrogens with zero attached hydrogens (tertiary/aromatic N) is 4. The van der Waals surface area contributed by atoms with Gasteiger partial charge in [0.25, 0.3) is 5.56 Å². The van der Waals surface area contributed by atoms with Crippen molar-refractivity contribution in [3.05, 3.63) is 61.5 Å². The molecule has 0 aliphatic rings. The predicted octanol–water partition coefficient (Wildman–Crippen LogP) is 2.90. The lowest BCUT2D eigenvalue weighted by Crippen LogP contribution is -2.40. The summed E-state index contributed by atoms with van der Waals surface area (Å²) in [4.78, 5) is 30.2. The Labute approximate surface area is 155 Å². The predicted molar refractivity (Wildman–Crippen MR) is 103 cm³/mol. The van der Waals surface area contributed by atoms with Crippen molar-refractivity contribution in [1.82, 2.24) is 18.1 Å². The second kappa shape index (κ2) is 6.72. The molecule has 0 saturated carbocycles. The highest BCUT2D eigenvalue weighted by atomic mass is 35.5. The summed E-state index contributed by atoms with van der Waals surface area (Å²) in [7, 11) is 0. The summed E-state index contributed by atoms with van der Waals surface area (Å²) in [6.07, 6.45) is 0. The normalized spacial score (nSPS) is 11.6. The monoisotopic (exact) mass is 378 g/mol. The minimum atomic E-state index is -0.408. The Bertz CT molecular complexity index is 1050. The van der Waals surface area contributed by atoms with Crippen LogP contribution >= 0.6 is 24.4 Å². The van der Waals surface area contributed by atoms with E-state index in [1.165, 1.54) is 9.13 Å². The molecular formula is C17H19ClN4O2S. The second-order valence-corrected chi connectivity index (χ2v) is 6.99. The van der Waals surface area contributed by atoms with Crippen LogP contribution in [-0.4, -0.2) is 18.1 Å². The molecular weight excluding hydrogens is 360 g/mol. The summed E-state index contributed by atoms with van der Waals surface area (Å²) < 4.78 is 4.28. The highest BCUT2D eigenvalue weighted by molar-refractivity contribution is 7.78. The van der Waals surface area contributed by atoms with Crippen molar-refractivity contribution >= 4 is 35.6 Å². The van der Waals surface area contributed by atoms with Gasteiger partial charge in [0.1, 0.15) is 5.82 Å². The first-order valence-corrected chi connectivity index (χ1v) is 8.82. The van der Waals surface area contributed by atoms with Gasteiger partial charge in [-0.1, -0.05) is 50.4 Å². The smallest absolute Gasteiger partial charge is 0.277 e. The number of fused-ring (bicyclic) bond motifs is 1. The largest absolute Gasteiger partial charge is 0.333 e. The minimum Gasteiger partial charge on any atom is -0.277 e. The van der Waals surface area contributed by atoms with Gasteiger partial charge in [-0.2, -0.15) is 0 Å². The van der Waals surface area contributed by atoms with Gasteiger partial charge in [0.15, 0.2) is 11.2 Å². The molecule has 0 amide bonds. The van der Waals surface area contributed by atoms with Gasteiger partial charge < -0.3 is 0 Å². The molecule has 0 aliphatic carbocycles. The lowest BCUT2D eigenvalue weighted by Gasteiger charge is -2.11. The lowest BCUT2D eigenvalue weighted by atomic mass is 10.2. The maximum absolute atomic E-state index is 12.9. The van der Waals surface area contributed by atoms with Crippen LogP contribution in [0.1, 0.15) is 38.1 Å². The van der Waals surface area contributed by atoms with Gasteiger partial charge in [0, 0.05) is 17.5 Å². The van der Waals surface area contributed by atoms with Crippen LogP contribution in [0.25, 0.3) is 11.2 Å². The molecule has 3 aromatic rings. The van der Waals surface area contributed by atoms with E-state index in [-0.39, 0.29) is 23.7 Å². The third-order valence-electron chi connectivity index (χ3n) is 4.11. The van der Waals surface area contributed by atoms with Gasteiger partial charge >= 0.3 is 5.69 Å². The van der Waals surface area contributed by atoms with E-state index in [0.29, 0.717) is 23.0 Å². The molecule has 3 rings (SSSR count). The fourth-order valence-electron chi connectivity index (χ4n) is 2.83. The SMILES string of the molecule is CCn1c(=O)n(Cc2ccc(Cl)cc2)c(=O)c2nc(C(C)C)n(S)c21. The molecule has 0 unspecified atom stereocenters. The third kappa shape index (κ3) is 3.02. The van der Waals surface area contributed by atoms with Crippen molar-refractivity contribution in [3.8, 4) is 0 Å². The molecule has 2 aromatic heterocycles. The molecule has 8 heteroatoms. The Morgan fingerprint density at radius 3 is 2.36 bits per heavy atom. The van der Waals surface area contributed by atoms with E-state index in [0.717, 1.165) is 5.56 Å². The van der Waals surface area contributed by atoms with E-state index in [1.807, 2.05) is 20.8 Å². The highest BCUT2D eigenvalue weighted by Gasteiger charge is 2.21. The Morgan fingerprint density at radius 2 is 1.80 bits per heavy atom. The second-order valence-electron chi connectivity index (χ2n) is 6.15. The summed E-state index contributed by atoms with van der Waals surface area (Å²) in [6, 6.07) is 7.06. The van der Waals surface area contributed by atoms with Gasteiger partial charge in [-0.3, -0.25) is 17.9 Å². The number of rotatable bonds is 4. The standard InChI is InChI=1S/C17H19ClN4O2S/c1-4-20-15-13(19-14(10(2)3)22(15)25)16(23)21(17(20)24)9-11-5-7-12(18)8-6-11/h5-8,10,25H,4,9H2,1-3H3. The summed E-state index contributed by atoms with van der Waals surface area (Å²) in [5.74, 6) is 0.732. The summed E-state index contributed by atoms with van der Waals surface area (Å²) >= 11 is 10.3. The Morgan fingerprint density at radius 1 is 1.16 bits per heavy atom. The molecule has 132 valence electrons. The number of imidazole rings is 1. The number of thiol groups is 1. The van der Waals surface area contributed by atoms with E-state index >= 15 is 0 Å². The molecule has 6 nitrogen and oxygen atoms in total. The Kier molecular flexibility index (Phi) is 4.79. The van der Waals surface area contributed by atoms with Crippen molar-refractivity contribution in [2.24, 2.45) is 0 Å². The molecule has 0 radical (unpaired) electrons. The third-order valence-corrected chi connectivity index (χ3v) is 4.75. The molecule has 0 aliphatic heterocycles. The molecule has 0 saturated heterocycles. The molecule has 0 bridgehead atoms. The van der Waals surface area contributed by atoms with Crippen LogP contribution in [0.15, 0.2) is 33.9 Å². The van der Waals surface area contributed by atoms with E-state index in [4.69, 9.17) is 11.6 Å². The quantitative estimate of drug-likeness (QED) is 0.710. The van der Waals surface area contributed by atoms with Crippen LogP contribution in [0.4, 0.5) is 0 Å². The molecule has 0 spiro atoms. The Hall–Kier alpha value is -1.99. The van der Waals surface area contributed by atoms with Crippen LogP contribution in [0, 0.1) is 0 Å².